The number of halogens is 11. The van der Waals surface area contributed by atoms with Crippen molar-refractivity contribution in [3.05, 3.63) is 70.0 Å². The molecule has 1 heterocycles. The van der Waals surface area contributed by atoms with E-state index in [1.165, 1.54) is 18.2 Å². The fraction of sp³-hybridized carbons (Fsp3) is 0.200. The molecule has 18 heteroatoms. The molecule has 0 fully saturated rings. The van der Waals surface area contributed by atoms with Crippen molar-refractivity contribution in [2.75, 3.05) is 5.32 Å². The number of anilines is 1. The first kappa shape index (κ1) is 29.2. The van der Waals surface area contributed by atoms with Gasteiger partial charge in [0.2, 0.25) is 5.52 Å². The molecule has 2 aromatic carbocycles. The number of carbonyl (C=O) groups is 1. The van der Waals surface area contributed by atoms with E-state index >= 15 is 0 Å². The number of pyridine rings is 1. The van der Waals surface area contributed by atoms with Gasteiger partial charge >= 0.3 is 23.5 Å². The van der Waals surface area contributed by atoms with E-state index in [0.717, 1.165) is 18.3 Å². The van der Waals surface area contributed by atoms with Gasteiger partial charge in [0.05, 0.1) is 10.7 Å². The first-order valence-electron chi connectivity index (χ1n) is 9.54. The molecular weight excluding hydrogens is 590 g/mol. The second-order valence-electron chi connectivity index (χ2n) is 7.50. The molecule has 1 N–H and O–H groups in total. The van der Waals surface area contributed by atoms with Crippen LogP contribution in [0, 0.1) is 5.21 Å². The van der Waals surface area contributed by atoms with Gasteiger partial charge in [-0.05, 0) is 30.3 Å². The van der Waals surface area contributed by atoms with Crippen LogP contribution in [-0.2, 0) is 15.5 Å². The highest BCUT2D eigenvalue weighted by Crippen LogP contribution is 2.55. The second-order valence-corrected chi connectivity index (χ2v) is 9.81. The molecule has 1 aromatic heterocycles. The van der Waals surface area contributed by atoms with E-state index in [4.69, 9.17) is 11.6 Å². The summed E-state index contributed by atoms with van der Waals surface area (Å²) in [6.45, 7) is 0. The Morgan fingerprint density at radius 3 is 2.00 bits per heavy atom. The summed E-state index contributed by atoms with van der Waals surface area (Å²) in [5.41, 5.74) is -17.6. The molecule has 0 saturated carbocycles. The Labute approximate surface area is 209 Å². The number of alkyl halides is 10. The fourth-order valence-corrected chi connectivity index (χ4v) is 4.52. The minimum absolute atomic E-state index is 0.151. The van der Waals surface area contributed by atoms with Gasteiger partial charge in [0.15, 0.2) is 6.20 Å². The van der Waals surface area contributed by atoms with Crippen molar-refractivity contribution in [1.29, 1.82) is 0 Å². The van der Waals surface area contributed by atoms with E-state index in [-0.39, 0.29) is 15.6 Å². The third kappa shape index (κ3) is 4.79. The SMILES string of the molecule is O=C(Nc1c(Cl)cc(C(F)(C(F)(F)F)C(F)(F)F)cc1S(=O)(=O)C(F)(F)F)c1ccc2ccc[n+]([O-])c2c1. The number of hydrogen-bond donors (Lipinski definition) is 1. The van der Waals surface area contributed by atoms with Crippen molar-refractivity contribution in [2.45, 2.75) is 28.4 Å². The van der Waals surface area contributed by atoms with E-state index in [9.17, 15) is 62.3 Å². The van der Waals surface area contributed by atoms with Gasteiger partial charge in [0.1, 0.15) is 4.90 Å². The van der Waals surface area contributed by atoms with Gasteiger partial charge in [0, 0.05) is 28.6 Å². The van der Waals surface area contributed by atoms with E-state index in [1.807, 2.05) is 0 Å². The maximum absolute atomic E-state index is 14.5. The van der Waals surface area contributed by atoms with Gasteiger partial charge < -0.3 is 10.5 Å². The number of nitrogens with one attached hydrogen (secondary N) is 1. The molecule has 0 saturated heterocycles. The van der Waals surface area contributed by atoms with E-state index in [2.05, 4.69) is 0 Å². The van der Waals surface area contributed by atoms with E-state index in [0.29, 0.717) is 0 Å². The summed E-state index contributed by atoms with van der Waals surface area (Å²) >= 11 is 5.55. The Bertz CT molecular complexity index is 1520. The quantitative estimate of drug-likeness (QED) is 0.228. The van der Waals surface area contributed by atoms with E-state index in [1.54, 1.807) is 5.32 Å². The lowest BCUT2D eigenvalue weighted by atomic mass is 9.94. The summed E-state index contributed by atoms with van der Waals surface area (Å²) in [5, 5.41) is 12.1. The Kier molecular flexibility index (Phi) is 7.03. The molecule has 0 aliphatic rings. The third-order valence-corrected chi connectivity index (χ3v) is 6.90. The number of fused-ring (bicyclic) bond motifs is 1. The minimum atomic E-state index is -6.83. The minimum Gasteiger partial charge on any atom is -0.618 e. The average molecular weight is 599 g/mol. The van der Waals surface area contributed by atoms with Crippen LogP contribution in [0.1, 0.15) is 15.9 Å². The van der Waals surface area contributed by atoms with E-state index < -0.39 is 78.1 Å². The Hall–Kier alpha value is -3.34. The Morgan fingerprint density at radius 1 is 0.895 bits per heavy atom. The lowest BCUT2D eigenvalue weighted by Crippen LogP contribution is -2.50. The van der Waals surface area contributed by atoms with Crippen molar-refractivity contribution < 1.29 is 61.8 Å². The number of sulfone groups is 1. The molecule has 0 aliphatic carbocycles. The molecule has 3 aromatic rings. The number of nitrogens with zero attached hydrogens (tertiary/aromatic N) is 1. The highest BCUT2D eigenvalue weighted by atomic mass is 35.5. The van der Waals surface area contributed by atoms with Gasteiger partial charge in [-0.3, -0.25) is 4.79 Å². The molecule has 0 atom stereocenters. The Balaban J connectivity index is 2.27. The van der Waals surface area contributed by atoms with Crippen molar-refractivity contribution >= 4 is 43.9 Å². The largest absolute Gasteiger partial charge is 0.618 e. The van der Waals surface area contributed by atoms with Crippen LogP contribution in [0.5, 0.6) is 0 Å². The third-order valence-electron chi connectivity index (χ3n) is 5.09. The van der Waals surface area contributed by atoms with Gasteiger partial charge in [0.25, 0.3) is 15.7 Å². The molecule has 38 heavy (non-hydrogen) atoms. The number of aromatic nitrogens is 1. The topological polar surface area (TPSA) is 90.2 Å². The molecule has 0 spiro atoms. The standard InChI is InChI=1S/C20H9ClF10N2O4S/c21-12-7-11(17(22,18(23,24)25)19(26,27)28)8-14(38(36,37)20(29,30)31)15(12)32-16(34)10-4-3-9-2-1-5-33(35)13(9)6-10/h1-8H,(H,32,34). The smallest absolute Gasteiger partial charge is 0.501 e. The van der Waals surface area contributed by atoms with Gasteiger partial charge in [-0.25, -0.2) is 12.8 Å². The summed E-state index contributed by atoms with van der Waals surface area (Å²) in [5.74, 6) is -1.47. The zero-order valence-corrected chi connectivity index (χ0v) is 19.3. The number of benzene rings is 2. The van der Waals surface area contributed by atoms with Crippen LogP contribution >= 0.6 is 11.6 Å². The maximum atomic E-state index is 14.5. The normalized spacial score (nSPS) is 13.6. The summed E-state index contributed by atoms with van der Waals surface area (Å²) in [4.78, 5) is 10.3. The number of rotatable bonds is 4. The first-order chi connectivity index (χ1) is 17.1. The maximum Gasteiger partial charge on any atom is 0.501 e. The van der Waals surface area contributed by atoms with Crippen LogP contribution in [0.25, 0.3) is 10.9 Å². The average Bonchev–Trinajstić information content (AvgIpc) is 2.77. The first-order valence-corrected chi connectivity index (χ1v) is 11.4. The summed E-state index contributed by atoms with van der Waals surface area (Å²) in [6, 6.07) is 4.59. The van der Waals surface area contributed by atoms with Crippen LogP contribution in [0.4, 0.5) is 49.6 Å². The summed E-state index contributed by atoms with van der Waals surface area (Å²) in [6.07, 6.45) is -12.6. The molecule has 0 unspecified atom stereocenters. The number of amides is 1. The number of hydrogen-bond acceptors (Lipinski definition) is 4. The zero-order valence-electron chi connectivity index (χ0n) is 17.8. The van der Waals surface area contributed by atoms with Crippen molar-refractivity contribution in [2.24, 2.45) is 0 Å². The molecular formula is C20H9ClF10N2O4S. The van der Waals surface area contributed by atoms with Crippen LogP contribution in [0.3, 0.4) is 0 Å². The van der Waals surface area contributed by atoms with Crippen molar-refractivity contribution in [3.8, 4) is 0 Å². The molecule has 0 radical (unpaired) electrons. The highest BCUT2D eigenvalue weighted by molar-refractivity contribution is 7.92. The highest BCUT2D eigenvalue weighted by Gasteiger charge is 2.73. The van der Waals surface area contributed by atoms with Crippen LogP contribution in [0.15, 0.2) is 53.6 Å². The van der Waals surface area contributed by atoms with Gasteiger partial charge in [-0.1, -0.05) is 11.6 Å². The molecule has 0 aliphatic heterocycles. The van der Waals surface area contributed by atoms with Crippen molar-refractivity contribution in [3.63, 3.8) is 0 Å². The zero-order chi connectivity index (χ0) is 29.1. The lowest BCUT2D eigenvalue weighted by Gasteiger charge is -2.31. The summed E-state index contributed by atoms with van der Waals surface area (Å²) < 4.78 is 158. The van der Waals surface area contributed by atoms with Crippen molar-refractivity contribution in [1.82, 2.24) is 0 Å². The molecule has 0 bridgehead atoms. The summed E-state index contributed by atoms with van der Waals surface area (Å²) in [7, 11) is -6.83. The Morgan fingerprint density at radius 2 is 1.47 bits per heavy atom. The fourth-order valence-electron chi connectivity index (χ4n) is 3.23. The monoisotopic (exact) mass is 598 g/mol. The predicted molar refractivity (Wildman–Crippen MR) is 110 cm³/mol. The van der Waals surface area contributed by atoms with Crippen LogP contribution < -0.4 is 10.0 Å². The number of carbonyl (C=O) groups excluding carboxylic acids is 1. The molecule has 3 rings (SSSR count). The van der Waals surface area contributed by atoms with Crippen LogP contribution in [-0.4, -0.2) is 32.2 Å². The molecule has 206 valence electrons. The van der Waals surface area contributed by atoms with Gasteiger partial charge in [-0.2, -0.15) is 44.2 Å². The lowest BCUT2D eigenvalue weighted by molar-refractivity contribution is -0.577. The van der Waals surface area contributed by atoms with Gasteiger partial charge in [-0.15, -0.1) is 0 Å². The molecule has 1 amide bonds. The predicted octanol–water partition coefficient (Wildman–Crippen LogP) is 5.96. The van der Waals surface area contributed by atoms with Crippen LogP contribution in [0.2, 0.25) is 5.02 Å². The second kappa shape index (κ2) is 9.14. The molecule has 6 nitrogen and oxygen atoms in total.